The summed E-state index contributed by atoms with van der Waals surface area (Å²) in [5.74, 6) is -3.33. The Balaban J connectivity index is 2.33. The Bertz CT molecular complexity index is 314. The lowest BCUT2D eigenvalue weighted by atomic mass is 9.92. The van der Waals surface area contributed by atoms with Crippen LogP contribution in [0, 0.1) is 0 Å². The average molecular weight is 270 g/mol. The second kappa shape index (κ2) is 6.61. The van der Waals surface area contributed by atoms with Gasteiger partial charge in [0, 0.05) is 12.1 Å². The van der Waals surface area contributed by atoms with Crippen LogP contribution >= 0.6 is 0 Å². The standard InChI is InChI=1S/C10H20F2N2O2S/c1-2-7-13-8-3-5-9(6-4-8)14-17(15,16)10(11)12/h8-10,13-14H,2-7H2,1H3. The quantitative estimate of drug-likeness (QED) is 0.768. The molecule has 17 heavy (non-hydrogen) atoms. The van der Waals surface area contributed by atoms with Gasteiger partial charge in [0.05, 0.1) is 0 Å². The lowest BCUT2D eigenvalue weighted by molar-refractivity contribution is 0.229. The highest BCUT2D eigenvalue weighted by Gasteiger charge is 2.29. The summed E-state index contributed by atoms with van der Waals surface area (Å²) in [7, 11) is -4.44. The van der Waals surface area contributed by atoms with Gasteiger partial charge in [0.1, 0.15) is 0 Å². The van der Waals surface area contributed by atoms with E-state index >= 15 is 0 Å². The zero-order valence-electron chi connectivity index (χ0n) is 9.96. The maximum atomic E-state index is 12.1. The molecule has 0 atom stereocenters. The van der Waals surface area contributed by atoms with E-state index in [0.29, 0.717) is 18.9 Å². The summed E-state index contributed by atoms with van der Waals surface area (Å²) in [5.41, 5.74) is 0. The molecule has 0 heterocycles. The van der Waals surface area contributed by atoms with Crippen molar-refractivity contribution < 1.29 is 17.2 Å². The van der Waals surface area contributed by atoms with Crippen LogP contribution in [0.2, 0.25) is 0 Å². The Kier molecular flexibility index (Phi) is 5.75. The molecule has 0 bridgehead atoms. The van der Waals surface area contributed by atoms with E-state index in [1.807, 2.05) is 0 Å². The van der Waals surface area contributed by atoms with Crippen LogP contribution in [-0.2, 0) is 10.0 Å². The van der Waals surface area contributed by atoms with Crippen molar-refractivity contribution in [3.8, 4) is 0 Å². The van der Waals surface area contributed by atoms with Crippen molar-refractivity contribution in [2.75, 3.05) is 6.54 Å². The van der Waals surface area contributed by atoms with E-state index in [-0.39, 0.29) is 6.04 Å². The number of nitrogens with one attached hydrogen (secondary N) is 2. The van der Waals surface area contributed by atoms with Crippen molar-refractivity contribution in [3.05, 3.63) is 0 Å². The summed E-state index contributed by atoms with van der Waals surface area (Å²) >= 11 is 0. The molecule has 0 radical (unpaired) electrons. The average Bonchev–Trinajstić information content (AvgIpc) is 2.27. The molecule has 0 amide bonds. The van der Waals surface area contributed by atoms with Crippen LogP contribution in [0.5, 0.6) is 0 Å². The number of hydrogen-bond donors (Lipinski definition) is 2. The van der Waals surface area contributed by atoms with Gasteiger partial charge in [-0.05, 0) is 38.6 Å². The molecule has 0 unspecified atom stereocenters. The van der Waals surface area contributed by atoms with E-state index < -0.39 is 15.8 Å². The molecule has 7 heteroatoms. The van der Waals surface area contributed by atoms with Crippen molar-refractivity contribution in [2.24, 2.45) is 0 Å². The van der Waals surface area contributed by atoms with Crippen LogP contribution in [0.4, 0.5) is 8.78 Å². The summed E-state index contributed by atoms with van der Waals surface area (Å²) in [6.07, 6.45) is 3.95. The van der Waals surface area contributed by atoms with Gasteiger partial charge in [-0.2, -0.15) is 8.78 Å². The monoisotopic (exact) mass is 270 g/mol. The van der Waals surface area contributed by atoms with E-state index in [1.165, 1.54) is 0 Å². The van der Waals surface area contributed by atoms with Crippen molar-refractivity contribution >= 4 is 10.0 Å². The fraction of sp³-hybridized carbons (Fsp3) is 1.00. The van der Waals surface area contributed by atoms with Crippen LogP contribution in [0.1, 0.15) is 39.0 Å². The third-order valence-corrected chi connectivity index (χ3v) is 4.11. The Morgan fingerprint density at radius 1 is 1.18 bits per heavy atom. The summed E-state index contributed by atoms with van der Waals surface area (Å²) in [6, 6.07) is 0.0518. The Labute approximate surface area is 101 Å². The zero-order valence-corrected chi connectivity index (χ0v) is 10.8. The first kappa shape index (κ1) is 14.8. The zero-order chi connectivity index (χ0) is 12.9. The van der Waals surface area contributed by atoms with Crippen LogP contribution in [0.3, 0.4) is 0 Å². The molecular formula is C10H20F2N2O2S. The molecule has 102 valence electrons. The molecule has 1 fully saturated rings. The smallest absolute Gasteiger partial charge is 0.314 e. The van der Waals surface area contributed by atoms with E-state index in [4.69, 9.17) is 0 Å². The van der Waals surface area contributed by atoms with E-state index in [9.17, 15) is 17.2 Å². The molecule has 0 saturated heterocycles. The van der Waals surface area contributed by atoms with Crippen LogP contribution in [0.15, 0.2) is 0 Å². The Hall–Kier alpha value is -0.270. The number of hydrogen-bond acceptors (Lipinski definition) is 3. The van der Waals surface area contributed by atoms with Gasteiger partial charge in [-0.15, -0.1) is 0 Å². The van der Waals surface area contributed by atoms with Crippen LogP contribution in [-0.4, -0.2) is 32.8 Å². The molecule has 0 aromatic rings. The van der Waals surface area contributed by atoms with Gasteiger partial charge in [-0.25, -0.2) is 13.1 Å². The summed E-state index contributed by atoms with van der Waals surface area (Å²) < 4.78 is 48.3. The topological polar surface area (TPSA) is 58.2 Å². The normalized spacial score (nSPS) is 26.4. The fourth-order valence-electron chi connectivity index (χ4n) is 2.05. The minimum Gasteiger partial charge on any atom is -0.314 e. The van der Waals surface area contributed by atoms with Crippen molar-refractivity contribution in [1.82, 2.24) is 10.0 Å². The first-order chi connectivity index (χ1) is 7.95. The maximum Gasteiger partial charge on any atom is 0.350 e. The predicted molar refractivity (Wildman–Crippen MR) is 62.4 cm³/mol. The third kappa shape index (κ3) is 4.85. The fourth-order valence-corrected chi connectivity index (χ4v) is 2.85. The van der Waals surface area contributed by atoms with Gasteiger partial charge >= 0.3 is 5.76 Å². The molecule has 1 aliphatic carbocycles. The van der Waals surface area contributed by atoms with Gasteiger partial charge < -0.3 is 5.32 Å². The lowest BCUT2D eigenvalue weighted by Crippen LogP contribution is -2.43. The van der Waals surface area contributed by atoms with Gasteiger partial charge in [0.15, 0.2) is 0 Å². The van der Waals surface area contributed by atoms with Crippen LogP contribution in [0.25, 0.3) is 0 Å². The molecule has 1 saturated carbocycles. The molecule has 4 nitrogen and oxygen atoms in total. The first-order valence-electron chi connectivity index (χ1n) is 5.98. The molecule has 1 aliphatic rings. The Morgan fingerprint density at radius 3 is 2.18 bits per heavy atom. The molecule has 0 aromatic heterocycles. The summed E-state index contributed by atoms with van der Waals surface area (Å²) in [5, 5.41) is 3.35. The van der Waals surface area contributed by atoms with Gasteiger partial charge in [0.2, 0.25) is 0 Å². The summed E-state index contributed by atoms with van der Waals surface area (Å²) in [4.78, 5) is 0. The predicted octanol–water partition coefficient (Wildman–Crippen LogP) is 1.44. The number of rotatable bonds is 6. The van der Waals surface area contributed by atoms with Gasteiger partial charge in [-0.3, -0.25) is 0 Å². The van der Waals surface area contributed by atoms with Crippen molar-refractivity contribution in [2.45, 2.75) is 56.9 Å². The Morgan fingerprint density at radius 2 is 1.71 bits per heavy atom. The highest BCUT2D eigenvalue weighted by molar-refractivity contribution is 7.89. The second-order valence-corrected chi connectivity index (χ2v) is 6.11. The molecular weight excluding hydrogens is 250 g/mol. The van der Waals surface area contributed by atoms with Crippen molar-refractivity contribution in [3.63, 3.8) is 0 Å². The third-order valence-electron chi connectivity index (χ3n) is 2.98. The number of alkyl halides is 2. The lowest BCUT2D eigenvalue weighted by Gasteiger charge is -2.29. The van der Waals surface area contributed by atoms with E-state index in [1.54, 1.807) is 0 Å². The minimum absolute atomic E-state index is 0.339. The molecule has 0 aromatic carbocycles. The maximum absolute atomic E-state index is 12.1. The minimum atomic E-state index is -4.44. The number of halogens is 2. The number of sulfonamides is 1. The van der Waals surface area contributed by atoms with Crippen molar-refractivity contribution in [1.29, 1.82) is 0 Å². The van der Waals surface area contributed by atoms with Gasteiger partial charge in [-0.1, -0.05) is 6.92 Å². The van der Waals surface area contributed by atoms with E-state index in [2.05, 4.69) is 17.0 Å². The molecule has 0 aliphatic heterocycles. The second-order valence-electron chi connectivity index (χ2n) is 4.43. The summed E-state index contributed by atoms with van der Waals surface area (Å²) in [6.45, 7) is 3.02. The van der Waals surface area contributed by atoms with Gasteiger partial charge in [0.25, 0.3) is 10.0 Å². The SMILES string of the molecule is CCCNC1CCC(NS(=O)(=O)C(F)F)CC1. The first-order valence-corrected chi connectivity index (χ1v) is 7.53. The van der Waals surface area contributed by atoms with E-state index in [0.717, 1.165) is 25.8 Å². The highest BCUT2D eigenvalue weighted by Crippen LogP contribution is 2.20. The largest absolute Gasteiger partial charge is 0.350 e. The van der Waals surface area contributed by atoms with Crippen LogP contribution < -0.4 is 10.0 Å². The molecule has 2 N–H and O–H groups in total. The molecule has 0 spiro atoms. The highest BCUT2D eigenvalue weighted by atomic mass is 32.2. The molecule has 1 rings (SSSR count).